The summed E-state index contributed by atoms with van der Waals surface area (Å²) in [4.78, 5) is 49.5. The Hall–Kier alpha value is -3.48. The average Bonchev–Trinajstić information content (AvgIpc) is 3.23. The maximum atomic E-state index is 13.3. The van der Waals surface area contributed by atoms with Gasteiger partial charge in [-0.1, -0.05) is 29.0 Å². The third-order valence-electron chi connectivity index (χ3n) is 5.96. The predicted molar refractivity (Wildman–Crippen MR) is 137 cm³/mol. The maximum Gasteiger partial charge on any atom is 0.310 e. The number of rotatable bonds is 9. The van der Waals surface area contributed by atoms with E-state index in [2.05, 4.69) is 9.97 Å². The largest absolute Gasteiger partial charge is 0.474 e. The topological polar surface area (TPSA) is 137 Å². The number of carbonyl (C=O) groups excluding carboxylic acids is 3. The lowest BCUT2D eigenvalue weighted by molar-refractivity contribution is -0.155. The summed E-state index contributed by atoms with van der Waals surface area (Å²) in [6.45, 7) is 0.728. The molecule has 1 atom stereocenters. The van der Waals surface area contributed by atoms with Crippen LogP contribution in [-0.4, -0.2) is 84.1 Å². The Morgan fingerprint density at radius 2 is 2.03 bits per heavy atom. The molecular formula is C24H26ClN5O6S. The number of piperazine rings is 1. The van der Waals surface area contributed by atoms with Gasteiger partial charge in [0.15, 0.2) is 11.7 Å². The van der Waals surface area contributed by atoms with E-state index in [0.717, 1.165) is 22.3 Å². The number of nitrogens with zero attached hydrogens (tertiary/aromatic N) is 4. The summed E-state index contributed by atoms with van der Waals surface area (Å²) < 4.78 is 16.1. The van der Waals surface area contributed by atoms with Crippen LogP contribution in [0.15, 0.2) is 30.6 Å². The molecule has 196 valence electrons. The first kappa shape index (κ1) is 26.6. The number of hydrogen-bond acceptors (Lipinski definition) is 10. The zero-order valence-corrected chi connectivity index (χ0v) is 21.9. The van der Waals surface area contributed by atoms with Crippen LogP contribution in [0.4, 0.5) is 5.82 Å². The van der Waals surface area contributed by atoms with Crippen LogP contribution in [0.1, 0.15) is 11.1 Å². The minimum Gasteiger partial charge on any atom is -0.474 e. The summed E-state index contributed by atoms with van der Waals surface area (Å²) in [5.74, 6) is -0.657. The number of carbonyl (C=O) groups is 3. The fourth-order valence-electron chi connectivity index (χ4n) is 4.12. The molecule has 0 saturated carbocycles. The molecule has 11 nitrogen and oxygen atoms in total. The second-order valence-electron chi connectivity index (χ2n) is 8.33. The van der Waals surface area contributed by atoms with Gasteiger partial charge in [-0.15, -0.1) is 0 Å². The lowest BCUT2D eigenvalue weighted by Gasteiger charge is -2.40. The highest BCUT2D eigenvalue weighted by Gasteiger charge is 2.37. The van der Waals surface area contributed by atoms with E-state index in [4.69, 9.17) is 31.5 Å². The SMILES string of the molecule is COC[C@H]1C(=O)N(Cc2ccc3c(N)ncnc3c2)CCN1C(=O)COc1sc(Cl)cc1CC(=O)OC. The molecule has 0 aliphatic carbocycles. The predicted octanol–water partition coefficient (Wildman–Crippen LogP) is 1.91. The molecule has 2 aromatic heterocycles. The van der Waals surface area contributed by atoms with E-state index in [1.165, 1.54) is 25.4 Å². The normalized spacial score (nSPS) is 15.8. The molecule has 4 rings (SSSR count). The van der Waals surface area contributed by atoms with Crippen LogP contribution in [0.25, 0.3) is 10.9 Å². The Bertz CT molecular complexity index is 1320. The van der Waals surface area contributed by atoms with E-state index >= 15 is 0 Å². The molecule has 37 heavy (non-hydrogen) atoms. The van der Waals surface area contributed by atoms with Crippen molar-refractivity contribution in [2.24, 2.45) is 0 Å². The summed E-state index contributed by atoms with van der Waals surface area (Å²) in [6.07, 6.45) is 1.37. The van der Waals surface area contributed by atoms with Gasteiger partial charge in [0, 0.05) is 37.7 Å². The van der Waals surface area contributed by atoms with Crippen molar-refractivity contribution in [1.29, 1.82) is 0 Å². The first-order chi connectivity index (χ1) is 17.8. The molecule has 0 spiro atoms. The summed E-state index contributed by atoms with van der Waals surface area (Å²) in [7, 11) is 2.77. The van der Waals surface area contributed by atoms with Crippen molar-refractivity contribution in [2.75, 3.05) is 46.3 Å². The van der Waals surface area contributed by atoms with E-state index in [1.54, 1.807) is 11.0 Å². The number of hydrogen-bond donors (Lipinski definition) is 1. The molecule has 2 amide bonds. The molecule has 1 fully saturated rings. The number of anilines is 1. The minimum absolute atomic E-state index is 0.0277. The van der Waals surface area contributed by atoms with Crippen molar-refractivity contribution < 1.29 is 28.6 Å². The molecule has 1 aliphatic rings. The Morgan fingerprint density at radius 1 is 1.22 bits per heavy atom. The maximum absolute atomic E-state index is 13.3. The van der Waals surface area contributed by atoms with Gasteiger partial charge in [0.2, 0.25) is 5.91 Å². The standard InChI is InChI=1S/C24H26ClN5O6S/c1-34-11-18-23(33)29(10-14-3-4-16-17(7-14)27-13-28-22(16)26)5-6-30(18)20(31)12-36-24-15(8-19(25)37-24)9-21(32)35-2/h3-4,7-8,13,18H,5-6,9-12H2,1-2H3,(H2,26,27,28)/t18-/m0/s1. The zero-order valence-electron chi connectivity index (χ0n) is 20.3. The summed E-state index contributed by atoms with van der Waals surface area (Å²) >= 11 is 7.19. The number of methoxy groups -OCH3 is 2. The van der Waals surface area contributed by atoms with Crippen LogP contribution in [-0.2, 0) is 36.8 Å². The van der Waals surface area contributed by atoms with Gasteiger partial charge in [0.25, 0.3) is 5.91 Å². The van der Waals surface area contributed by atoms with Crippen molar-refractivity contribution in [2.45, 2.75) is 19.0 Å². The number of ether oxygens (including phenoxy) is 3. The van der Waals surface area contributed by atoms with Crippen LogP contribution in [0.2, 0.25) is 4.34 Å². The molecule has 1 aromatic carbocycles. The first-order valence-electron chi connectivity index (χ1n) is 11.3. The number of fused-ring (bicyclic) bond motifs is 1. The molecule has 3 aromatic rings. The van der Waals surface area contributed by atoms with Crippen LogP contribution in [0.3, 0.4) is 0 Å². The number of benzene rings is 1. The number of aromatic nitrogens is 2. The molecule has 13 heteroatoms. The number of esters is 1. The Morgan fingerprint density at radius 3 is 2.78 bits per heavy atom. The second kappa shape index (κ2) is 11.7. The van der Waals surface area contributed by atoms with E-state index < -0.39 is 12.0 Å². The molecule has 0 bridgehead atoms. The molecule has 1 saturated heterocycles. The quantitative estimate of drug-likeness (QED) is 0.398. The van der Waals surface area contributed by atoms with Crippen molar-refractivity contribution in [3.63, 3.8) is 0 Å². The van der Waals surface area contributed by atoms with Gasteiger partial charge >= 0.3 is 5.97 Å². The van der Waals surface area contributed by atoms with Gasteiger partial charge in [-0.2, -0.15) is 0 Å². The van der Waals surface area contributed by atoms with E-state index in [9.17, 15) is 14.4 Å². The molecule has 0 unspecified atom stereocenters. The number of amides is 2. The van der Waals surface area contributed by atoms with E-state index in [-0.39, 0.29) is 31.4 Å². The third-order valence-corrected chi connectivity index (χ3v) is 7.18. The summed E-state index contributed by atoms with van der Waals surface area (Å²) in [5.41, 5.74) is 8.01. The Kier molecular flexibility index (Phi) is 8.41. The fraction of sp³-hybridized carbons (Fsp3) is 0.375. The monoisotopic (exact) mass is 547 g/mol. The lowest BCUT2D eigenvalue weighted by atomic mass is 10.1. The van der Waals surface area contributed by atoms with Gasteiger partial charge < -0.3 is 29.7 Å². The minimum atomic E-state index is -0.797. The highest BCUT2D eigenvalue weighted by atomic mass is 35.5. The van der Waals surface area contributed by atoms with Gasteiger partial charge in [-0.25, -0.2) is 9.97 Å². The lowest BCUT2D eigenvalue weighted by Crippen LogP contribution is -2.60. The molecule has 3 heterocycles. The molecule has 0 radical (unpaired) electrons. The summed E-state index contributed by atoms with van der Waals surface area (Å²) in [5, 5.41) is 1.10. The van der Waals surface area contributed by atoms with Crippen molar-refractivity contribution >= 4 is 57.4 Å². The second-order valence-corrected chi connectivity index (χ2v) is 9.98. The van der Waals surface area contributed by atoms with E-state index in [1.807, 2.05) is 18.2 Å². The molecular weight excluding hydrogens is 522 g/mol. The number of thiophene rings is 1. The van der Waals surface area contributed by atoms with Gasteiger partial charge in [0.1, 0.15) is 18.2 Å². The van der Waals surface area contributed by atoms with Crippen LogP contribution >= 0.6 is 22.9 Å². The average molecular weight is 548 g/mol. The van der Waals surface area contributed by atoms with Gasteiger partial charge in [0.05, 0.1) is 30.0 Å². The van der Waals surface area contributed by atoms with Crippen molar-refractivity contribution in [3.8, 4) is 5.06 Å². The number of nitrogens with two attached hydrogens (primary N) is 1. The van der Waals surface area contributed by atoms with Crippen molar-refractivity contribution in [3.05, 3.63) is 46.1 Å². The summed E-state index contributed by atoms with van der Waals surface area (Å²) in [6, 6.07) is 6.39. The van der Waals surface area contributed by atoms with Gasteiger partial charge in [-0.05, 0) is 23.8 Å². The van der Waals surface area contributed by atoms with Crippen molar-refractivity contribution in [1.82, 2.24) is 19.8 Å². The number of halogens is 1. The van der Waals surface area contributed by atoms with Crippen LogP contribution in [0.5, 0.6) is 5.06 Å². The molecule has 2 N–H and O–H groups in total. The van der Waals surface area contributed by atoms with Crippen LogP contribution < -0.4 is 10.5 Å². The van der Waals surface area contributed by atoms with E-state index in [0.29, 0.717) is 45.9 Å². The Labute approximate surface area is 222 Å². The van der Waals surface area contributed by atoms with Crippen LogP contribution in [0, 0.1) is 0 Å². The zero-order chi connectivity index (χ0) is 26.5. The highest BCUT2D eigenvalue weighted by molar-refractivity contribution is 7.18. The highest BCUT2D eigenvalue weighted by Crippen LogP contribution is 2.34. The first-order valence-corrected chi connectivity index (χ1v) is 12.5. The number of nitrogen functional groups attached to an aromatic ring is 1. The fourth-order valence-corrected chi connectivity index (χ4v) is 5.22. The third kappa shape index (κ3) is 6.09. The molecule has 1 aliphatic heterocycles. The Balaban J connectivity index is 1.43. The van der Waals surface area contributed by atoms with Gasteiger partial charge in [-0.3, -0.25) is 14.4 Å². The smallest absolute Gasteiger partial charge is 0.310 e.